The highest BCUT2D eigenvalue weighted by atomic mass is 16.5. The Labute approximate surface area is 146 Å². The predicted molar refractivity (Wildman–Crippen MR) is 95.2 cm³/mol. The highest BCUT2D eigenvalue weighted by Crippen LogP contribution is 2.30. The molecule has 1 atom stereocenters. The molecule has 1 heterocycles. The maximum atomic E-state index is 12.3. The van der Waals surface area contributed by atoms with Gasteiger partial charge in [-0.25, -0.2) is 0 Å². The zero-order chi connectivity index (χ0) is 18.0. The number of aryl methyl sites for hydroxylation is 2. The summed E-state index contributed by atoms with van der Waals surface area (Å²) in [7, 11) is 0. The summed E-state index contributed by atoms with van der Waals surface area (Å²) in [4.78, 5) is 23.7. The Kier molecular flexibility index (Phi) is 4.61. The van der Waals surface area contributed by atoms with Crippen molar-refractivity contribution in [2.45, 2.75) is 26.9 Å². The number of amides is 2. The monoisotopic (exact) mass is 340 g/mol. The second-order valence-electron chi connectivity index (χ2n) is 6.04. The van der Waals surface area contributed by atoms with Crippen LogP contribution in [-0.2, 0) is 9.59 Å². The fraction of sp³-hybridized carbons (Fsp3) is 0.263. The number of anilines is 2. The summed E-state index contributed by atoms with van der Waals surface area (Å²) in [5, 5.41) is 5.49. The van der Waals surface area contributed by atoms with Crippen LogP contribution in [0.2, 0.25) is 0 Å². The molecule has 0 aliphatic carbocycles. The Hall–Kier alpha value is -3.02. The summed E-state index contributed by atoms with van der Waals surface area (Å²) < 4.78 is 11.0. The molecule has 0 spiro atoms. The van der Waals surface area contributed by atoms with Gasteiger partial charge < -0.3 is 20.1 Å². The molecule has 0 aromatic heterocycles. The number of hydrogen-bond donors (Lipinski definition) is 2. The second-order valence-corrected chi connectivity index (χ2v) is 6.04. The molecular weight excluding hydrogens is 320 g/mol. The van der Waals surface area contributed by atoms with Gasteiger partial charge in [0.2, 0.25) is 0 Å². The third-order valence-electron chi connectivity index (χ3n) is 4.04. The minimum Gasteiger partial charge on any atom is -0.482 e. The molecule has 0 saturated carbocycles. The highest BCUT2D eigenvalue weighted by molar-refractivity contribution is 5.98. The largest absolute Gasteiger partial charge is 0.482 e. The van der Waals surface area contributed by atoms with Gasteiger partial charge in [-0.05, 0) is 62.2 Å². The lowest BCUT2D eigenvalue weighted by molar-refractivity contribution is -0.122. The van der Waals surface area contributed by atoms with Crippen LogP contribution in [-0.4, -0.2) is 24.5 Å². The number of ether oxygens (including phenoxy) is 2. The molecule has 25 heavy (non-hydrogen) atoms. The Balaban J connectivity index is 1.66. The molecule has 0 saturated heterocycles. The van der Waals surface area contributed by atoms with E-state index in [1.54, 1.807) is 25.1 Å². The van der Waals surface area contributed by atoms with E-state index in [4.69, 9.17) is 9.47 Å². The number of rotatable bonds is 4. The van der Waals surface area contributed by atoms with E-state index in [0.717, 1.165) is 5.56 Å². The maximum Gasteiger partial charge on any atom is 0.265 e. The van der Waals surface area contributed by atoms with Gasteiger partial charge in [-0.2, -0.15) is 0 Å². The number of carbonyl (C=O) groups excluding carboxylic acids is 2. The van der Waals surface area contributed by atoms with E-state index < -0.39 is 6.10 Å². The summed E-state index contributed by atoms with van der Waals surface area (Å²) in [6, 6.07) is 10.8. The van der Waals surface area contributed by atoms with Crippen molar-refractivity contribution >= 4 is 23.2 Å². The standard InChI is InChI=1S/C19H20N2O4/c1-11-4-6-15(8-12(11)2)25-13(3)19(23)20-14-5-7-17-16(9-14)21-18(22)10-24-17/h4-9,13H,10H2,1-3H3,(H,20,23)(H,21,22). The molecule has 6 heteroatoms. The van der Waals surface area contributed by atoms with Gasteiger partial charge in [-0.1, -0.05) is 6.07 Å². The SMILES string of the molecule is Cc1ccc(OC(C)C(=O)Nc2ccc3c(c2)NC(=O)CO3)cc1C. The Morgan fingerprint density at radius 1 is 1.20 bits per heavy atom. The Bertz CT molecular complexity index is 832. The van der Waals surface area contributed by atoms with E-state index in [0.29, 0.717) is 22.9 Å². The third kappa shape index (κ3) is 3.91. The smallest absolute Gasteiger partial charge is 0.265 e. The first-order chi connectivity index (χ1) is 11.9. The van der Waals surface area contributed by atoms with E-state index >= 15 is 0 Å². The molecule has 0 bridgehead atoms. The minimum atomic E-state index is -0.663. The number of benzene rings is 2. The first kappa shape index (κ1) is 16.8. The molecule has 1 aliphatic heterocycles. The molecule has 3 rings (SSSR count). The number of carbonyl (C=O) groups is 2. The molecule has 0 fully saturated rings. The fourth-order valence-corrected chi connectivity index (χ4v) is 2.45. The van der Waals surface area contributed by atoms with Crippen LogP contribution in [0.5, 0.6) is 11.5 Å². The van der Waals surface area contributed by atoms with E-state index in [2.05, 4.69) is 10.6 Å². The molecular formula is C19H20N2O4. The molecule has 2 aromatic carbocycles. The molecule has 6 nitrogen and oxygen atoms in total. The number of nitrogens with one attached hydrogen (secondary N) is 2. The Morgan fingerprint density at radius 2 is 2.00 bits per heavy atom. The Morgan fingerprint density at radius 3 is 2.76 bits per heavy atom. The molecule has 2 N–H and O–H groups in total. The lowest BCUT2D eigenvalue weighted by Gasteiger charge is -2.19. The van der Waals surface area contributed by atoms with Crippen molar-refractivity contribution in [3.63, 3.8) is 0 Å². The van der Waals surface area contributed by atoms with E-state index in [9.17, 15) is 9.59 Å². The average Bonchev–Trinajstić information content (AvgIpc) is 2.57. The summed E-state index contributed by atoms with van der Waals surface area (Å²) in [6.07, 6.45) is -0.663. The van der Waals surface area contributed by atoms with E-state index in [1.807, 2.05) is 32.0 Å². The van der Waals surface area contributed by atoms with Crippen molar-refractivity contribution in [2.75, 3.05) is 17.2 Å². The van der Waals surface area contributed by atoms with Crippen LogP contribution in [0.3, 0.4) is 0 Å². The number of hydrogen-bond acceptors (Lipinski definition) is 4. The van der Waals surface area contributed by atoms with Crippen molar-refractivity contribution in [2.24, 2.45) is 0 Å². The first-order valence-electron chi connectivity index (χ1n) is 8.04. The first-order valence-corrected chi connectivity index (χ1v) is 8.04. The van der Waals surface area contributed by atoms with Crippen LogP contribution in [0.15, 0.2) is 36.4 Å². The van der Waals surface area contributed by atoms with Crippen LogP contribution in [0.25, 0.3) is 0 Å². The van der Waals surface area contributed by atoms with Crippen LogP contribution in [0, 0.1) is 13.8 Å². The summed E-state index contributed by atoms with van der Waals surface area (Å²) >= 11 is 0. The van der Waals surface area contributed by atoms with E-state index in [1.165, 1.54) is 5.56 Å². The molecule has 2 aromatic rings. The van der Waals surface area contributed by atoms with Gasteiger partial charge in [0.25, 0.3) is 11.8 Å². The van der Waals surface area contributed by atoms with Crippen LogP contribution in [0.1, 0.15) is 18.1 Å². The van der Waals surface area contributed by atoms with Crippen LogP contribution >= 0.6 is 0 Å². The van der Waals surface area contributed by atoms with Crippen molar-refractivity contribution in [3.05, 3.63) is 47.5 Å². The van der Waals surface area contributed by atoms with Crippen LogP contribution < -0.4 is 20.1 Å². The molecule has 130 valence electrons. The minimum absolute atomic E-state index is 0.000450. The van der Waals surface area contributed by atoms with Crippen LogP contribution in [0.4, 0.5) is 11.4 Å². The van der Waals surface area contributed by atoms with Gasteiger partial charge in [-0.15, -0.1) is 0 Å². The van der Waals surface area contributed by atoms with Gasteiger partial charge in [0, 0.05) is 5.69 Å². The topological polar surface area (TPSA) is 76.7 Å². The lowest BCUT2D eigenvalue weighted by atomic mass is 10.1. The predicted octanol–water partition coefficient (Wildman–Crippen LogP) is 3.04. The quantitative estimate of drug-likeness (QED) is 0.897. The van der Waals surface area contributed by atoms with Crippen molar-refractivity contribution in [3.8, 4) is 11.5 Å². The molecule has 2 amide bonds. The summed E-state index contributed by atoms with van der Waals surface area (Å²) in [5.41, 5.74) is 3.38. The zero-order valence-corrected chi connectivity index (χ0v) is 14.4. The second kappa shape index (κ2) is 6.84. The van der Waals surface area contributed by atoms with E-state index in [-0.39, 0.29) is 18.4 Å². The van der Waals surface area contributed by atoms with Crippen molar-refractivity contribution in [1.82, 2.24) is 0 Å². The van der Waals surface area contributed by atoms with Gasteiger partial charge in [0.05, 0.1) is 5.69 Å². The van der Waals surface area contributed by atoms with Gasteiger partial charge in [0.15, 0.2) is 12.7 Å². The third-order valence-corrected chi connectivity index (χ3v) is 4.04. The molecule has 1 aliphatic rings. The molecule has 1 unspecified atom stereocenters. The zero-order valence-electron chi connectivity index (χ0n) is 14.4. The summed E-state index contributed by atoms with van der Waals surface area (Å²) in [6.45, 7) is 5.71. The van der Waals surface area contributed by atoms with Crippen molar-refractivity contribution in [1.29, 1.82) is 0 Å². The highest BCUT2D eigenvalue weighted by Gasteiger charge is 2.19. The van der Waals surface area contributed by atoms with Gasteiger partial charge in [0.1, 0.15) is 11.5 Å². The normalized spacial score (nSPS) is 14.0. The fourth-order valence-electron chi connectivity index (χ4n) is 2.45. The van der Waals surface area contributed by atoms with Crippen molar-refractivity contribution < 1.29 is 19.1 Å². The molecule has 0 radical (unpaired) electrons. The lowest BCUT2D eigenvalue weighted by Crippen LogP contribution is -2.30. The van der Waals surface area contributed by atoms with Gasteiger partial charge in [-0.3, -0.25) is 9.59 Å². The maximum absolute atomic E-state index is 12.3. The van der Waals surface area contributed by atoms with Gasteiger partial charge >= 0.3 is 0 Å². The average molecular weight is 340 g/mol. The summed E-state index contributed by atoms with van der Waals surface area (Å²) in [5.74, 6) is 0.734. The number of fused-ring (bicyclic) bond motifs is 1.